The summed E-state index contributed by atoms with van der Waals surface area (Å²) in [4.78, 5) is 18.0. The number of thiazole rings is 1. The molecule has 2 aliphatic rings. The molecule has 0 aliphatic heterocycles. The predicted octanol–water partition coefficient (Wildman–Crippen LogP) is 2.41. The standard InChI is InChI=1S/C17H27N3O2S/c21-14-7-3-5-12(14)11-19-17(22)18-10-4-9-16-20-13-6-1-2-8-15(13)23-16/h12,14,21H,1-11H2,(H2,18,19,22)/t12-,14+/m1/s1. The molecule has 2 atom stereocenters. The summed E-state index contributed by atoms with van der Waals surface area (Å²) in [6, 6.07) is -0.123. The number of carbonyl (C=O) groups excluding carboxylic acids is 1. The molecule has 23 heavy (non-hydrogen) atoms. The molecule has 1 aromatic heterocycles. The highest BCUT2D eigenvalue weighted by atomic mass is 32.1. The largest absolute Gasteiger partial charge is 0.393 e. The average Bonchev–Trinajstić information content (AvgIpc) is 3.15. The number of nitrogens with one attached hydrogen (secondary N) is 2. The second-order valence-electron chi connectivity index (χ2n) is 6.68. The third-order valence-electron chi connectivity index (χ3n) is 4.89. The van der Waals surface area contributed by atoms with Crippen LogP contribution < -0.4 is 10.6 Å². The van der Waals surface area contributed by atoms with Gasteiger partial charge in [0.15, 0.2) is 0 Å². The van der Waals surface area contributed by atoms with Gasteiger partial charge < -0.3 is 15.7 Å². The summed E-state index contributed by atoms with van der Waals surface area (Å²) >= 11 is 1.85. The van der Waals surface area contributed by atoms with E-state index in [2.05, 4.69) is 10.6 Å². The van der Waals surface area contributed by atoms with Gasteiger partial charge in [-0.3, -0.25) is 0 Å². The summed E-state index contributed by atoms with van der Waals surface area (Å²) in [5.74, 6) is 0.224. The highest BCUT2D eigenvalue weighted by Crippen LogP contribution is 2.27. The maximum atomic E-state index is 11.8. The fourth-order valence-electron chi connectivity index (χ4n) is 3.50. The first kappa shape index (κ1) is 16.7. The van der Waals surface area contributed by atoms with Gasteiger partial charge in [-0.2, -0.15) is 0 Å². The number of fused-ring (bicyclic) bond motifs is 1. The average molecular weight is 337 g/mol. The zero-order valence-corrected chi connectivity index (χ0v) is 14.5. The van der Waals surface area contributed by atoms with Crippen LogP contribution >= 0.6 is 11.3 Å². The van der Waals surface area contributed by atoms with Crippen molar-refractivity contribution in [2.45, 2.75) is 63.9 Å². The molecule has 0 spiro atoms. The van der Waals surface area contributed by atoms with Crippen molar-refractivity contribution < 1.29 is 9.90 Å². The van der Waals surface area contributed by atoms with Crippen molar-refractivity contribution in [3.63, 3.8) is 0 Å². The Labute approximate surface area is 141 Å². The number of rotatable bonds is 6. The van der Waals surface area contributed by atoms with E-state index in [-0.39, 0.29) is 18.1 Å². The number of urea groups is 1. The third-order valence-corrected chi connectivity index (χ3v) is 6.10. The maximum Gasteiger partial charge on any atom is 0.314 e. The SMILES string of the molecule is O=C(NCCCc1nc2c(s1)CCCC2)NC[C@H]1CCC[C@@H]1O. The van der Waals surface area contributed by atoms with Gasteiger partial charge in [0.05, 0.1) is 16.8 Å². The van der Waals surface area contributed by atoms with Crippen LogP contribution in [0.3, 0.4) is 0 Å². The molecule has 3 rings (SSSR count). The molecular weight excluding hydrogens is 310 g/mol. The van der Waals surface area contributed by atoms with E-state index in [4.69, 9.17) is 4.98 Å². The quantitative estimate of drug-likeness (QED) is 0.698. The molecule has 1 fully saturated rings. The Morgan fingerprint density at radius 3 is 2.87 bits per heavy atom. The topological polar surface area (TPSA) is 74.2 Å². The number of aromatic nitrogens is 1. The van der Waals surface area contributed by atoms with Crippen molar-refractivity contribution in [3.8, 4) is 0 Å². The van der Waals surface area contributed by atoms with Gasteiger partial charge in [0, 0.05) is 30.3 Å². The number of aliphatic hydroxyl groups excluding tert-OH is 1. The number of hydrogen-bond donors (Lipinski definition) is 3. The molecule has 0 aromatic carbocycles. The minimum Gasteiger partial charge on any atom is -0.393 e. The molecule has 0 unspecified atom stereocenters. The van der Waals surface area contributed by atoms with Crippen molar-refractivity contribution in [1.82, 2.24) is 15.6 Å². The van der Waals surface area contributed by atoms with Gasteiger partial charge in [-0.25, -0.2) is 9.78 Å². The van der Waals surface area contributed by atoms with Crippen molar-refractivity contribution in [3.05, 3.63) is 15.6 Å². The first-order valence-corrected chi connectivity index (χ1v) is 9.71. The van der Waals surface area contributed by atoms with Crippen LogP contribution in [0.2, 0.25) is 0 Å². The Kier molecular flexibility index (Phi) is 5.89. The van der Waals surface area contributed by atoms with Crippen molar-refractivity contribution in [2.24, 2.45) is 5.92 Å². The number of carbonyl (C=O) groups is 1. The van der Waals surface area contributed by atoms with Crippen LogP contribution in [0.5, 0.6) is 0 Å². The number of hydrogen-bond acceptors (Lipinski definition) is 4. The smallest absolute Gasteiger partial charge is 0.314 e. The third kappa shape index (κ3) is 4.67. The van der Waals surface area contributed by atoms with E-state index >= 15 is 0 Å². The van der Waals surface area contributed by atoms with Crippen LogP contribution in [-0.2, 0) is 19.3 Å². The second kappa shape index (κ2) is 8.11. The Hall–Kier alpha value is -1.14. The van der Waals surface area contributed by atoms with E-state index in [0.717, 1.165) is 38.5 Å². The van der Waals surface area contributed by atoms with Gasteiger partial charge in [0.1, 0.15) is 0 Å². The summed E-state index contributed by atoms with van der Waals surface area (Å²) in [5.41, 5.74) is 1.32. The first-order valence-electron chi connectivity index (χ1n) is 8.89. The van der Waals surface area contributed by atoms with Crippen LogP contribution in [0, 0.1) is 5.92 Å². The van der Waals surface area contributed by atoms with E-state index in [1.807, 2.05) is 11.3 Å². The molecule has 0 bridgehead atoms. The summed E-state index contributed by atoms with van der Waals surface area (Å²) < 4.78 is 0. The van der Waals surface area contributed by atoms with Crippen molar-refractivity contribution >= 4 is 17.4 Å². The van der Waals surface area contributed by atoms with Crippen LogP contribution in [0.1, 0.15) is 54.1 Å². The molecule has 0 radical (unpaired) electrons. The molecule has 1 saturated carbocycles. The Balaban J connectivity index is 1.30. The lowest BCUT2D eigenvalue weighted by molar-refractivity contribution is 0.132. The van der Waals surface area contributed by atoms with Crippen molar-refractivity contribution in [2.75, 3.05) is 13.1 Å². The highest BCUT2D eigenvalue weighted by Gasteiger charge is 2.25. The van der Waals surface area contributed by atoms with E-state index in [1.54, 1.807) is 0 Å². The number of aliphatic hydroxyl groups is 1. The van der Waals surface area contributed by atoms with Crippen LogP contribution in [0.15, 0.2) is 0 Å². The fraction of sp³-hybridized carbons (Fsp3) is 0.765. The summed E-state index contributed by atoms with van der Waals surface area (Å²) in [6.45, 7) is 1.25. The van der Waals surface area contributed by atoms with E-state index in [0.29, 0.717) is 13.1 Å². The molecule has 6 heteroatoms. The van der Waals surface area contributed by atoms with Gasteiger partial charge in [0.25, 0.3) is 0 Å². The number of nitrogens with zero attached hydrogens (tertiary/aromatic N) is 1. The molecule has 128 valence electrons. The molecule has 2 aliphatic carbocycles. The Morgan fingerprint density at radius 2 is 2.09 bits per heavy atom. The van der Waals surface area contributed by atoms with E-state index in [1.165, 1.54) is 34.8 Å². The van der Waals surface area contributed by atoms with Gasteiger partial charge in [-0.1, -0.05) is 6.42 Å². The molecule has 1 aromatic rings. The molecule has 5 nitrogen and oxygen atoms in total. The Bertz CT molecular complexity index is 508. The summed E-state index contributed by atoms with van der Waals surface area (Å²) in [6.07, 6.45) is 9.46. The zero-order valence-electron chi connectivity index (χ0n) is 13.6. The lowest BCUT2D eigenvalue weighted by Gasteiger charge is -2.15. The van der Waals surface area contributed by atoms with E-state index < -0.39 is 0 Å². The minimum absolute atomic E-state index is 0.123. The molecule has 3 N–H and O–H groups in total. The number of amides is 2. The van der Waals surface area contributed by atoms with Gasteiger partial charge in [0.2, 0.25) is 0 Å². The monoisotopic (exact) mass is 337 g/mol. The molecule has 0 saturated heterocycles. The zero-order chi connectivity index (χ0) is 16.1. The van der Waals surface area contributed by atoms with Gasteiger partial charge in [-0.15, -0.1) is 11.3 Å². The maximum absolute atomic E-state index is 11.8. The summed E-state index contributed by atoms with van der Waals surface area (Å²) in [5, 5.41) is 16.7. The van der Waals surface area contributed by atoms with Crippen LogP contribution in [0.25, 0.3) is 0 Å². The van der Waals surface area contributed by atoms with Gasteiger partial charge >= 0.3 is 6.03 Å². The number of aryl methyl sites for hydroxylation is 3. The lowest BCUT2D eigenvalue weighted by Crippen LogP contribution is -2.40. The van der Waals surface area contributed by atoms with E-state index in [9.17, 15) is 9.90 Å². The minimum atomic E-state index is -0.244. The Morgan fingerprint density at radius 1 is 1.22 bits per heavy atom. The summed E-state index contributed by atoms with van der Waals surface area (Å²) in [7, 11) is 0. The second-order valence-corrected chi connectivity index (χ2v) is 7.85. The molecule has 2 amide bonds. The lowest BCUT2D eigenvalue weighted by atomic mass is 10.0. The van der Waals surface area contributed by atoms with Crippen LogP contribution in [0.4, 0.5) is 4.79 Å². The molecular formula is C17H27N3O2S. The first-order chi connectivity index (χ1) is 11.2. The predicted molar refractivity (Wildman–Crippen MR) is 91.8 cm³/mol. The van der Waals surface area contributed by atoms with Crippen LogP contribution in [-0.4, -0.2) is 35.3 Å². The van der Waals surface area contributed by atoms with Crippen molar-refractivity contribution in [1.29, 1.82) is 0 Å². The highest BCUT2D eigenvalue weighted by molar-refractivity contribution is 7.11. The van der Waals surface area contributed by atoms with Gasteiger partial charge in [-0.05, 0) is 44.9 Å². The molecule has 1 heterocycles. The fourth-order valence-corrected chi connectivity index (χ4v) is 4.69. The normalized spacial score (nSPS) is 23.5.